The van der Waals surface area contributed by atoms with E-state index in [9.17, 15) is 0 Å². The van der Waals surface area contributed by atoms with E-state index in [1.807, 2.05) is 12.1 Å². The first-order valence-corrected chi connectivity index (χ1v) is 2.67. The van der Waals surface area contributed by atoms with Gasteiger partial charge in [0.2, 0.25) is 0 Å². The monoisotopic (exact) mass is 292 g/mol. The fourth-order valence-corrected chi connectivity index (χ4v) is 0.588. The minimum atomic E-state index is 0. The van der Waals surface area contributed by atoms with Crippen LogP contribution in [0, 0.1) is 13.8 Å². The van der Waals surface area contributed by atoms with Crippen molar-refractivity contribution in [1.29, 1.82) is 0 Å². The van der Waals surface area contributed by atoms with Crippen LogP contribution in [0.3, 0.4) is 0 Å². The van der Waals surface area contributed by atoms with E-state index in [4.69, 9.17) is 0 Å². The van der Waals surface area contributed by atoms with Gasteiger partial charge in [-0.15, -0.1) is 12.1 Å². The molecule has 9 heavy (non-hydrogen) atoms. The molecule has 0 atom stereocenters. The molecular weight excluding hydrogens is 282 g/mol. The first-order valence-electron chi connectivity index (χ1n) is 2.67. The van der Waals surface area contributed by atoms with Gasteiger partial charge in [0, 0.05) is 20.4 Å². The van der Waals surface area contributed by atoms with E-state index in [0.29, 0.717) is 0 Å². The maximum atomic E-state index is 3.76. The molecule has 0 aromatic heterocycles. The second kappa shape index (κ2) is 3.72. The minimum absolute atomic E-state index is 0. The van der Waals surface area contributed by atoms with Crippen molar-refractivity contribution < 1.29 is 20.4 Å². The molecular formula is C8H9Re-. The van der Waals surface area contributed by atoms with Crippen LogP contribution in [-0.4, -0.2) is 0 Å². The van der Waals surface area contributed by atoms with Crippen molar-refractivity contribution in [2.75, 3.05) is 0 Å². The summed E-state index contributed by atoms with van der Waals surface area (Å²) < 4.78 is 0. The van der Waals surface area contributed by atoms with Crippen LogP contribution in [-0.2, 0) is 20.4 Å². The molecule has 0 unspecified atom stereocenters. The fourth-order valence-electron chi connectivity index (χ4n) is 0.588. The van der Waals surface area contributed by atoms with Crippen LogP contribution in [0.5, 0.6) is 0 Å². The molecule has 0 saturated carbocycles. The van der Waals surface area contributed by atoms with Gasteiger partial charge in [-0.1, -0.05) is 5.56 Å². The molecule has 0 saturated heterocycles. The quantitative estimate of drug-likeness (QED) is 0.643. The summed E-state index contributed by atoms with van der Waals surface area (Å²) >= 11 is 0. The Hall–Kier alpha value is -0.248. The Morgan fingerprint density at radius 2 is 1.56 bits per heavy atom. The Bertz CT molecular complexity index is 143. The van der Waals surface area contributed by atoms with Gasteiger partial charge in [0.15, 0.2) is 0 Å². The molecule has 0 aliphatic heterocycles. The van der Waals surface area contributed by atoms with Crippen LogP contribution < -0.4 is 0 Å². The SMILES string of the molecule is [CH2-]c1ccc(C)cc1.[Re]. The Morgan fingerprint density at radius 3 is 1.89 bits per heavy atom. The number of benzene rings is 1. The molecule has 1 radical (unpaired) electrons. The van der Waals surface area contributed by atoms with Crippen LogP contribution in [0.4, 0.5) is 0 Å². The number of rotatable bonds is 0. The maximum Gasteiger partial charge on any atom is 0 e. The molecule has 0 bridgehead atoms. The molecule has 1 aromatic rings. The molecule has 0 amide bonds. The molecule has 0 spiro atoms. The third-order valence-corrected chi connectivity index (χ3v) is 1.12. The first-order chi connectivity index (χ1) is 3.79. The third kappa shape index (κ3) is 2.70. The molecule has 0 N–H and O–H groups in total. The molecule has 0 nitrogen and oxygen atoms in total. The Morgan fingerprint density at radius 1 is 1.11 bits per heavy atom. The van der Waals surface area contributed by atoms with Gasteiger partial charge < -0.3 is 0 Å². The maximum absolute atomic E-state index is 3.76. The molecule has 1 rings (SSSR count). The van der Waals surface area contributed by atoms with Gasteiger partial charge in [0.1, 0.15) is 0 Å². The summed E-state index contributed by atoms with van der Waals surface area (Å²) in [7, 11) is 0. The van der Waals surface area contributed by atoms with Gasteiger partial charge in [-0.25, -0.2) is 0 Å². The van der Waals surface area contributed by atoms with Crippen LogP contribution in [0.1, 0.15) is 11.1 Å². The smallest absolute Gasteiger partial charge is 0 e. The molecule has 1 aromatic carbocycles. The van der Waals surface area contributed by atoms with Crippen molar-refractivity contribution in [2.24, 2.45) is 0 Å². The van der Waals surface area contributed by atoms with Gasteiger partial charge >= 0.3 is 0 Å². The van der Waals surface area contributed by atoms with Gasteiger partial charge in [-0.3, -0.25) is 0 Å². The zero-order chi connectivity index (χ0) is 5.98. The predicted octanol–water partition coefficient (Wildman–Crippen LogP) is 2.17. The van der Waals surface area contributed by atoms with Crippen LogP contribution in [0.15, 0.2) is 24.3 Å². The summed E-state index contributed by atoms with van der Waals surface area (Å²) in [4.78, 5) is 0. The minimum Gasteiger partial charge on any atom is -0.199 e. The van der Waals surface area contributed by atoms with Crippen molar-refractivity contribution in [3.8, 4) is 0 Å². The Kier molecular flexibility index (Phi) is 3.61. The topological polar surface area (TPSA) is 0 Å². The summed E-state index contributed by atoms with van der Waals surface area (Å²) in [5, 5.41) is 0. The molecule has 1 heteroatoms. The van der Waals surface area contributed by atoms with Gasteiger partial charge in [-0.05, 0) is 6.92 Å². The van der Waals surface area contributed by atoms with E-state index in [-0.39, 0.29) is 20.4 Å². The number of hydrogen-bond acceptors (Lipinski definition) is 0. The summed E-state index contributed by atoms with van der Waals surface area (Å²) in [6.45, 7) is 5.83. The second-order valence-electron chi connectivity index (χ2n) is 1.99. The summed E-state index contributed by atoms with van der Waals surface area (Å²) in [5.74, 6) is 0. The molecule has 0 heterocycles. The van der Waals surface area contributed by atoms with E-state index >= 15 is 0 Å². The first kappa shape index (κ1) is 8.75. The molecule has 49 valence electrons. The van der Waals surface area contributed by atoms with Crippen molar-refractivity contribution >= 4 is 0 Å². The summed E-state index contributed by atoms with van der Waals surface area (Å²) in [6.07, 6.45) is 0. The van der Waals surface area contributed by atoms with Crippen LogP contribution >= 0.6 is 0 Å². The fraction of sp³-hybridized carbons (Fsp3) is 0.125. The van der Waals surface area contributed by atoms with Gasteiger partial charge in [-0.2, -0.15) is 24.6 Å². The summed E-state index contributed by atoms with van der Waals surface area (Å²) in [5.41, 5.74) is 2.37. The molecule has 0 aliphatic carbocycles. The predicted molar refractivity (Wildman–Crippen MR) is 35.6 cm³/mol. The number of hydrogen-bond donors (Lipinski definition) is 0. The van der Waals surface area contributed by atoms with E-state index in [1.165, 1.54) is 5.56 Å². The van der Waals surface area contributed by atoms with Crippen molar-refractivity contribution in [3.05, 3.63) is 42.3 Å². The van der Waals surface area contributed by atoms with E-state index in [1.54, 1.807) is 0 Å². The van der Waals surface area contributed by atoms with Crippen molar-refractivity contribution in [3.63, 3.8) is 0 Å². The average molecular weight is 291 g/mol. The van der Waals surface area contributed by atoms with E-state index < -0.39 is 0 Å². The van der Waals surface area contributed by atoms with E-state index in [2.05, 4.69) is 26.0 Å². The van der Waals surface area contributed by atoms with E-state index in [0.717, 1.165) is 5.56 Å². The Balaban J connectivity index is 0.000000640. The Labute approximate surface area is 69.9 Å². The second-order valence-corrected chi connectivity index (χ2v) is 1.99. The van der Waals surface area contributed by atoms with Gasteiger partial charge in [0.05, 0.1) is 0 Å². The third-order valence-electron chi connectivity index (χ3n) is 1.12. The van der Waals surface area contributed by atoms with Crippen LogP contribution in [0.25, 0.3) is 0 Å². The standard InChI is InChI=1S/C8H9.Re/c1-7-3-5-8(2)6-4-7;/h3-6H,1H2,2H3;/q-1;. The largest absolute Gasteiger partial charge is 0.199 e. The average Bonchev–Trinajstić information content (AvgIpc) is 1.77. The number of aryl methyl sites for hydroxylation is 1. The van der Waals surface area contributed by atoms with Crippen LogP contribution in [0.2, 0.25) is 0 Å². The van der Waals surface area contributed by atoms with Gasteiger partial charge in [0.25, 0.3) is 0 Å². The molecule has 0 aliphatic rings. The zero-order valence-corrected chi connectivity index (χ0v) is 8.11. The normalized spacial score (nSPS) is 8.11. The van der Waals surface area contributed by atoms with Crippen molar-refractivity contribution in [2.45, 2.75) is 6.92 Å². The summed E-state index contributed by atoms with van der Waals surface area (Å²) in [6, 6.07) is 8.13. The molecule has 0 fully saturated rings. The zero-order valence-electron chi connectivity index (χ0n) is 5.39. The van der Waals surface area contributed by atoms with Crippen molar-refractivity contribution in [1.82, 2.24) is 0 Å².